The molecule has 0 saturated heterocycles. The molecule has 0 amide bonds. The SMILES string of the molecule is C=C(C)[C@@H]1CCC(C)=C[C@H]1c1c(O)cc(-c2c(C)noc2C)cc1O. The van der Waals surface area contributed by atoms with Gasteiger partial charge >= 0.3 is 0 Å². The molecule has 2 N–H and O–H groups in total. The minimum atomic E-state index is -0.0648. The van der Waals surface area contributed by atoms with Crippen molar-refractivity contribution in [3.63, 3.8) is 0 Å². The predicted molar refractivity (Wildman–Crippen MR) is 98.8 cm³/mol. The van der Waals surface area contributed by atoms with E-state index in [-0.39, 0.29) is 23.3 Å². The lowest BCUT2D eigenvalue weighted by molar-refractivity contribution is 0.393. The lowest BCUT2D eigenvalue weighted by atomic mass is 9.73. The van der Waals surface area contributed by atoms with Gasteiger partial charge in [-0.2, -0.15) is 0 Å². The van der Waals surface area contributed by atoms with Gasteiger partial charge in [-0.05, 0) is 64.2 Å². The Hall–Kier alpha value is -2.49. The van der Waals surface area contributed by atoms with Gasteiger partial charge < -0.3 is 14.7 Å². The summed E-state index contributed by atoms with van der Waals surface area (Å²) in [5, 5.41) is 25.4. The number of phenolic OH excluding ortho intramolecular Hbond substituents is 2. The van der Waals surface area contributed by atoms with Crippen LogP contribution in [0.25, 0.3) is 11.1 Å². The van der Waals surface area contributed by atoms with Crippen molar-refractivity contribution in [2.24, 2.45) is 5.92 Å². The molecule has 0 unspecified atom stereocenters. The summed E-state index contributed by atoms with van der Waals surface area (Å²) in [6.07, 6.45) is 4.15. The Morgan fingerprint density at radius 2 is 1.84 bits per heavy atom. The van der Waals surface area contributed by atoms with Gasteiger partial charge in [-0.3, -0.25) is 0 Å². The summed E-state index contributed by atoms with van der Waals surface area (Å²) < 4.78 is 5.20. The Labute approximate surface area is 148 Å². The molecule has 0 radical (unpaired) electrons. The van der Waals surface area contributed by atoms with Gasteiger partial charge in [0.05, 0.1) is 5.69 Å². The van der Waals surface area contributed by atoms with Gasteiger partial charge in [0.15, 0.2) is 0 Å². The highest BCUT2D eigenvalue weighted by atomic mass is 16.5. The minimum Gasteiger partial charge on any atom is -0.507 e. The summed E-state index contributed by atoms with van der Waals surface area (Å²) in [6, 6.07) is 3.38. The first-order valence-electron chi connectivity index (χ1n) is 8.61. The molecule has 2 atom stereocenters. The fraction of sp³-hybridized carbons (Fsp3) is 0.381. The van der Waals surface area contributed by atoms with Crippen LogP contribution in [0.15, 0.2) is 40.5 Å². The first kappa shape index (κ1) is 17.3. The molecule has 2 aromatic rings. The zero-order valence-corrected chi connectivity index (χ0v) is 15.3. The molecule has 4 heteroatoms. The predicted octanol–water partition coefficient (Wildman–Crippen LogP) is 5.39. The molecule has 25 heavy (non-hydrogen) atoms. The van der Waals surface area contributed by atoms with E-state index < -0.39 is 0 Å². The Bertz CT molecular complexity index is 818. The van der Waals surface area contributed by atoms with Crippen molar-refractivity contribution in [1.29, 1.82) is 0 Å². The van der Waals surface area contributed by atoms with Crippen LogP contribution in [0.5, 0.6) is 11.5 Å². The lowest BCUT2D eigenvalue weighted by Crippen LogP contribution is -2.17. The smallest absolute Gasteiger partial charge is 0.141 e. The largest absolute Gasteiger partial charge is 0.507 e. The van der Waals surface area contributed by atoms with Gasteiger partial charge in [0.1, 0.15) is 17.3 Å². The van der Waals surface area contributed by atoms with E-state index in [1.165, 1.54) is 5.57 Å². The highest BCUT2D eigenvalue weighted by Crippen LogP contribution is 2.47. The first-order chi connectivity index (χ1) is 11.8. The second-order valence-electron chi connectivity index (χ2n) is 7.16. The Balaban J connectivity index is 2.12. The zero-order chi connectivity index (χ0) is 18.3. The number of benzene rings is 1. The van der Waals surface area contributed by atoms with Crippen LogP contribution in [0.3, 0.4) is 0 Å². The summed E-state index contributed by atoms with van der Waals surface area (Å²) in [5.74, 6) is 1.00. The van der Waals surface area contributed by atoms with Crippen molar-refractivity contribution in [3.05, 3.63) is 53.0 Å². The molecule has 4 nitrogen and oxygen atoms in total. The summed E-state index contributed by atoms with van der Waals surface area (Å²) in [4.78, 5) is 0. The highest BCUT2D eigenvalue weighted by molar-refractivity contribution is 5.72. The van der Waals surface area contributed by atoms with E-state index in [0.29, 0.717) is 16.9 Å². The van der Waals surface area contributed by atoms with Crippen LogP contribution in [0, 0.1) is 19.8 Å². The van der Waals surface area contributed by atoms with Crippen molar-refractivity contribution < 1.29 is 14.7 Å². The maximum absolute atomic E-state index is 10.7. The number of hydrogen-bond donors (Lipinski definition) is 2. The third-order valence-electron chi connectivity index (χ3n) is 5.17. The van der Waals surface area contributed by atoms with E-state index in [2.05, 4.69) is 24.7 Å². The molecule has 0 saturated carbocycles. The van der Waals surface area contributed by atoms with E-state index in [9.17, 15) is 10.2 Å². The van der Waals surface area contributed by atoms with Crippen molar-refractivity contribution in [2.45, 2.75) is 46.5 Å². The summed E-state index contributed by atoms with van der Waals surface area (Å²) >= 11 is 0. The highest BCUT2D eigenvalue weighted by Gasteiger charge is 2.30. The van der Waals surface area contributed by atoms with Gasteiger partial charge in [0, 0.05) is 17.0 Å². The number of aromatic hydroxyl groups is 2. The van der Waals surface area contributed by atoms with E-state index in [1.54, 1.807) is 12.1 Å². The lowest BCUT2D eigenvalue weighted by Gasteiger charge is -2.31. The quantitative estimate of drug-likeness (QED) is 0.736. The molecule has 132 valence electrons. The van der Waals surface area contributed by atoms with Gasteiger partial charge in [-0.1, -0.05) is 29.0 Å². The summed E-state index contributed by atoms with van der Waals surface area (Å²) in [7, 11) is 0. The van der Waals surface area contributed by atoms with Crippen LogP contribution >= 0.6 is 0 Å². The molecular formula is C21H25NO3. The number of aromatic nitrogens is 1. The van der Waals surface area contributed by atoms with Crippen molar-refractivity contribution >= 4 is 0 Å². The average Bonchev–Trinajstić information content (AvgIpc) is 2.85. The van der Waals surface area contributed by atoms with Gasteiger partial charge in [-0.15, -0.1) is 0 Å². The van der Waals surface area contributed by atoms with Gasteiger partial charge in [-0.25, -0.2) is 0 Å². The van der Waals surface area contributed by atoms with E-state index >= 15 is 0 Å². The molecule has 3 rings (SSSR count). The van der Waals surface area contributed by atoms with Crippen LogP contribution in [0.4, 0.5) is 0 Å². The molecule has 0 spiro atoms. The van der Waals surface area contributed by atoms with Gasteiger partial charge in [0.2, 0.25) is 0 Å². The monoisotopic (exact) mass is 339 g/mol. The number of rotatable bonds is 3. The van der Waals surface area contributed by atoms with Crippen LogP contribution in [-0.4, -0.2) is 15.4 Å². The maximum Gasteiger partial charge on any atom is 0.141 e. The average molecular weight is 339 g/mol. The maximum atomic E-state index is 10.7. The van der Waals surface area contributed by atoms with Crippen LogP contribution in [0.2, 0.25) is 0 Å². The van der Waals surface area contributed by atoms with Crippen molar-refractivity contribution in [2.75, 3.05) is 0 Å². The number of aryl methyl sites for hydroxylation is 2. The van der Waals surface area contributed by atoms with Crippen LogP contribution in [-0.2, 0) is 0 Å². The Morgan fingerprint density at radius 3 is 2.36 bits per heavy atom. The molecule has 0 bridgehead atoms. The number of nitrogens with zero attached hydrogens (tertiary/aromatic N) is 1. The molecular weight excluding hydrogens is 314 g/mol. The first-order valence-corrected chi connectivity index (χ1v) is 8.61. The summed E-state index contributed by atoms with van der Waals surface area (Å²) in [5.41, 5.74) is 5.17. The van der Waals surface area contributed by atoms with Crippen LogP contribution in [0.1, 0.15) is 49.6 Å². The second-order valence-corrected chi connectivity index (χ2v) is 7.16. The Kier molecular flexibility index (Phi) is 4.46. The Morgan fingerprint density at radius 1 is 1.20 bits per heavy atom. The third kappa shape index (κ3) is 3.09. The third-order valence-corrected chi connectivity index (χ3v) is 5.17. The topological polar surface area (TPSA) is 66.5 Å². The molecule has 1 heterocycles. The number of hydrogen-bond acceptors (Lipinski definition) is 4. The molecule has 1 aliphatic rings. The van der Waals surface area contributed by atoms with E-state index in [0.717, 1.165) is 29.7 Å². The normalized spacial score (nSPS) is 20.4. The fourth-order valence-corrected chi connectivity index (χ4v) is 3.91. The molecule has 0 fully saturated rings. The number of phenols is 2. The minimum absolute atomic E-state index is 0.0648. The molecule has 1 aliphatic carbocycles. The molecule has 1 aromatic carbocycles. The van der Waals surface area contributed by atoms with E-state index in [4.69, 9.17) is 4.52 Å². The summed E-state index contributed by atoms with van der Waals surface area (Å²) in [6.45, 7) is 11.9. The standard InChI is InChI=1S/C21H25NO3/c1-11(2)16-7-6-12(3)8-17(16)21-18(23)9-15(10-19(21)24)20-13(4)22-25-14(20)5/h8-10,16-17,23-24H,1,6-7H2,2-5H3/t16-,17+/m0/s1. The number of allylic oxidation sites excluding steroid dienone is 3. The molecule has 0 aliphatic heterocycles. The zero-order valence-electron chi connectivity index (χ0n) is 15.3. The van der Waals surface area contributed by atoms with Crippen molar-refractivity contribution in [1.82, 2.24) is 5.16 Å². The van der Waals surface area contributed by atoms with Crippen LogP contribution < -0.4 is 0 Å². The van der Waals surface area contributed by atoms with E-state index in [1.807, 2.05) is 20.8 Å². The van der Waals surface area contributed by atoms with Gasteiger partial charge in [0.25, 0.3) is 0 Å². The fourth-order valence-electron chi connectivity index (χ4n) is 3.91. The van der Waals surface area contributed by atoms with Crippen molar-refractivity contribution in [3.8, 4) is 22.6 Å². The second kappa shape index (κ2) is 6.43. The molecule has 1 aromatic heterocycles.